The van der Waals surface area contributed by atoms with Gasteiger partial charge < -0.3 is 9.47 Å². The molecule has 0 spiro atoms. The summed E-state index contributed by atoms with van der Waals surface area (Å²) in [6.45, 7) is 5.19. The molecule has 4 heteroatoms. The number of carbonyl (C=O) groups excluding carboxylic acids is 1. The van der Waals surface area contributed by atoms with Crippen LogP contribution in [0.25, 0.3) is 0 Å². The van der Waals surface area contributed by atoms with Gasteiger partial charge in [0, 0.05) is 5.69 Å². The minimum absolute atomic E-state index is 0.0575. The second-order valence-corrected chi connectivity index (χ2v) is 9.47. The van der Waals surface area contributed by atoms with E-state index in [9.17, 15) is 4.79 Å². The van der Waals surface area contributed by atoms with Gasteiger partial charge in [0.2, 0.25) is 0 Å². The Morgan fingerprint density at radius 3 is 2.27 bits per heavy atom. The second-order valence-electron chi connectivity index (χ2n) is 9.47. The summed E-state index contributed by atoms with van der Waals surface area (Å²) in [4.78, 5) is 17.1. The Bertz CT molecular complexity index is 808. The van der Waals surface area contributed by atoms with Crippen molar-refractivity contribution in [3.63, 3.8) is 0 Å². The van der Waals surface area contributed by atoms with E-state index in [1.54, 1.807) is 0 Å². The van der Waals surface area contributed by atoms with Crippen LogP contribution in [0.4, 0.5) is 0 Å². The van der Waals surface area contributed by atoms with Crippen LogP contribution in [0.2, 0.25) is 0 Å². The Labute approximate surface area is 200 Å². The second kappa shape index (κ2) is 14.0. The number of hydrogen-bond acceptors (Lipinski definition) is 4. The van der Waals surface area contributed by atoms with E-state index in [1.165, 1.54) is 50.5 Å². The van der Waals surface area contributed by atoms with Crippen LogP contribution in [-0.2, 0) is 17.6 Å². The third-order valence-corrected chi connectivity index (χ3v) is 6.77. The Morgan fingerprint density at radius 1 is 0.879 bits per heavy atom. The zero-order chi connectivity index (χ0) is 23.3. The van der Waals surface area contributed by atoms with Gasteiger partial charge >= 0.3 is 5.97 Å². The lowest BCUT2D eigenvalue weighted by molar-refractivity contribution is -0.140. The van der Waals surface area contributed by atoms with Crippen LogP contribution in [-0.4, -0.2) is 17.6 Å². The largest absolute Gasteiger partial charge is 0.492 e. The van der Waals surface area contributed by atoms with E-state index in [-0.39, 0.29) is 11.9 Å². The molecule has 180 valence electrons. The smallest absolute Gasteiger partial charge is 0.314 e. The van der Waals surface area contributed by atoms with Crippen LogP contribution in [0.1, 0.15) is 89.3 Å². The highest BCUT2D eigenvalue weighted by atomic mass is 16.5. The van der Waals surface area contributed by atoms with Crippen LogP contribution in [0.15, 0.2) is 42.6 Å². The Kier molecular flexibility index (Phi) is 10.7. The summed E-state index contributed by atoms with van der Waals surface area (Å²) in [6.07, 6.45) is 15.2. The van der Waals surface area contributed by atoms with Gasteiger partial charge in [-0.05, 0) is 80.7 Å². The highest BCUT2D eigenvalue weighted by Gasteiger charge is 2.27. The average Bonchev–Trinajstić information content (AvgIpc) is 2.86. The van der Waals surface area contributed by atoms with Crippen LogP contribution in [0, 0.1) is 11.8 Å². The number of esters is 1. The SMILES string of the molecule is CCCCCOc1ccc(CCc2ccc(OC(=O)[C@H]3CC[C@H](CCCC)CC3)cc2)nc1. The van der Waals surface area contributed by atoms with Crippen molar-refractivity contribution in [2.45, 2.75) is 90.9 Å². The number of nitrogens with zero attached hydrogens (tertiary/aromatic N) is 1. The van der Waals surface area contributed by atoms with Crippen molar-refractivity contribution < 1.29 is 14.3 Å². The maximum atomic E-state index is 12.6. The first-order valence-electron chi connectivity index (χ1n) is 13.1. The molecule has 1 heterocycles. The molecule has 2 aromatic rings. The third-order valence-electron chi connectivity index (χ3n) is 6.77. The van der Waals surface area contributed by atoms with Gasteiger partial charge in [-0.25, -0.2) is 0 Å². The Balaban J connectivity index is 1.38. The molecule has 0 atom stereocenters. The van der Waals surface area contributed by atoms with Crippen molar-refractivity contribution in [3.05, 3.63) is 53.9 Å². The van der Waals surface area contributed by atoms with Crippen molar-refractivity contribution in [3.8, 4) is 11.5 Å². The van der Waals surface area contributed by atoms with Gasteiger partial charge in [-0.1, -0.05) is 58.1 Å². The summed E-state index contributed by atoms with van der Waals surface area (Å²) < 4.78 is 11.4. The molecule has 1 aromatic carbocycles. The fourth-order valence-electron chi connectivity index (χ4n) is 4.56. The van der Waals surface area contributed by atoms with Crippen LogP contribution in [0.3, 0.4) is 0 Å². The van der Waals surface area contributed by atoms with Gasteiger partial charge in [0.05, 0.1) is 18.7 Å². The van der Waals surface area contributed by atoms with Crippen molar-refractivity contribution in [1.29, 1.82) is 0 Å². The summed E-state index contributed by atoms with van der Waals surface area (Å²) in [5, 5.41) is 0. The first kappa shape index (κ1) is 25.3. The molecular weight excluding hydrogens is 410 g/mol. The fraction of sp³-hybridized carbons (Fsp3) is 0.586. The Morgan fingerprint density at radius 2 is 1.61 bits per heavy atom. The van der Waals surface area contributed by atoms with E-state index < -0.39 is 0 Å². The first-order valence-corrected chi connectivity index (χ1v) is 13.1. The number of rotatable bonds is 13. The molecule has 0 aliphatic heterocycles. The molecule has 0 saturated heterocycles. The van der Waals surface area contributed by atoms with E-state index in [0.717, 1.165) is 56.1 Å². The maximum Gasteiger partial charge on any atom is 0.314 e. The lowest BCUT2D eigenvalue weighted by atomic mass is 9.80. The van der Waals surface area contributed by atoms with Gasteiger partial charge in [-0.15, -0.1) is 0 Å². The van der Waals surface area contributed by atoms with Crippen LogP contribution in [0.5, 0.6) is 11.5 Å². The quantitative estimate of drug-likeness (QED) is 0.182. The van der Waals surface area contributed by atoms with Crippen molar-refractivity contribution >= 4 is 5.97 Å². The Hall–Kier alpha value is -2.36. The molecule has 3 rings (SSSR count). The minimum Gasteiger partial charge on any atom is -0.492 e. The van der Waals surface area contributed by atoms with Crippen molar-refractivity contribution in [1.82, 2.24) is 4.98 Å². The molecule has 1 saturated carbocycles. The van der Waals surface area contributed by atoms with Crippen molar-refractivity contribution in [2.24, 2.45) is 11.8 Å². The number of ether oxygens (including phenoxy) is 2. The van der Waals surface area contributed by atoms with Gasteiger partial charge in [-0.3, -0.25) is 9.78 Å². The molecule has 1 aliphatic carbocycles. The molecule has 0 unspecified atom stereocenters. The van der Waals surface area contributed by atoms with Crippen molar-refractivity contribution in [2.75, 3.05) is 6.61 Å². The molecule has 1 aliphatic rings. The molecule has 33 heavy (non-hydrogen) atoms. The van der Waals surface area contributed by atoms with Crippen LogP contribution < -0.4 is 9.47 Å². The monoisotopic (exact) mass is 451 g/mol. The number of pyridine rings is 1. The number of unbranched alkanes of at least 4 members (excludes halogenated alkanes) is 3. The number of hydrogen-bond donors (Lipinski definition) is 0. The molecule has 1 aromatic heterocycles. The fourth-order valence-corrected chi connectivity index (χ4v) is 4.56. The zero-order valence-electron chi connectivity index (χ0n) is 20.6. The molecule has 0 N–H and O–H groups in total. The normalized spacial score (nSPS) is 18.1. The number of carbonyl (C=O) groups is 1. The highest BCUT2D eigenvalue weighted by molar-refractivity contribution is 5.75. The highest BCUT2D eigenvalue weighted by Crippen LogP contribution is 2.32. The van der Waals surface area contributed by atoms with E-state index in [1.807, 2.05) is 30.5 Å². The van der Waals surface area contributed by atoms with E-state index in [4.69, 9.17) is 9.47 Å². The number of aromatic nitrogens is 1. The average molecular weight is 452 g/mol. The predicted molar refractivity (Wildman–Crippen MR) is 134 cm³/mol. The van der Waals surface area contributed by atoms with Gasteiger partial charge in [-0.2, -0.15) is 0 Å². The summed E-state index contributed by atoms with van der Waals surface area (Å²) in [6, 6.07) is 12.0. The number of aryl methyl sites for hydroxylation is 2. The zero-order valence-corrected chi connectivity index (χ0v) is 20.6. The van der Waals surface area contributed by atoms with Gasteiger partial charge in [0.15, 0.2) is 0 Å². The first-order chi connectivity index (χ1) is 16.2. The molecule has 4 nitrogen and oxygen atoms in total. The molecule has 0 radical (unpaired) electrons. The summed E-state index contributed by atoms with van der Waals surface area (Å²) in [5.74, 6) is 2.30. The minimum atomic E-state index is -0.0575. The summed E-state index contributed by atoms with van der Waals surface area (Å²) >= 11 is 0. The van der Waals surface area contributed by atoms with Gasteiger partial charge in [0.1, 0.15) is 11.5 Å². The lowest BCUT2D eigenvalue weighted by Crippen LogP contribution is -2.25. The van der Waals surface area contributed by atoms with E-state index in [2.05, 4.69) is 31.0 Å². The maximum absolute atomic E-state index is 12.6. The topological polar surface area (TPSA) is 48.4 Å². The predicted octanol–water partition coefficient (Wildman–Crippen LogP) is 7.34. The molecule has 1 fully saturated rings. The third kappa shape index (κ3) is 8.83. The lowest BCUT2D eigenvalue weighted by Gasteiger charge is -2.27. The standard InChI is InChI=1S/C29H41NO3/c1-3-5-7-21-32-28-20-17-26(30-22-28)16-11-24-12-18-27(19-13-24)33-29(31)25-14-9-23(10-15-25)8-6-4-2/h12-13,17-20,22-23,25H,3-11,14-16,21H2,1-2H3/t23-,25-. The molecule has 0 amide bonds. The molecule has 0 bridgehead atoms. The van der Waals surface area contributed by atoms with E-state index in [0.29, 0.717) is 5.75 Å². The van der Waals surface area contributed by atoms with Gasteiger partial charge in [0.25, 0.3) is 0 Å². The summed E-state index contributed by atoms with van der Waals surface area (Å²) in [5.41, 5.74) is 2.27. The summed E-state index contributed by atoms with van der Waals surface area (Å²) in [7, 11) is 0. The molecular formula is C29H41NO3. The van der Waals surface area contributed by atoms with E-state index >= 15 is 0 Å². The van der Waals surface area contributed by atoms with Crippen LogP contribution >= 0.6 is 0 Å². The number of benzene rings is 1.